The molecule has 3 nitrogen and oxygen atoms in total. The van der Waals surface area contributed by atoms with Crippen molar-refractivity contribution < 1.29 is 4.79 Å². The van der Waals surface area contributed by atoms with E-state index in [1.54, 1.807) is 0 Å². The highest BCUT2D eigenvalue weighted by atomic mass is 16.1. The summed E-state index contributed by atoms with van der Waals surface area (Å²) >= 11 is 0. The number of carbonyl (C=O) groups is 1. The molecule has 0 saturated heterocycles. The molecule has 0 radical (unpaired) electrons. The lowest BCUT2D eigenvalue weighted by atomic mass is 10.1. The molecule has 0 bridgehead atoms. The minimum absolute atomic E-state index is 0.189. The van der Waals surface area contributed by atoms with Gasteiger partial charge in [0.1, 0.15) is 0 Å². The van der Waals surface area contributed by atoms with Crippen LogP contribution in [0.15, 0.2) is 0 Å². The predicted molar refractivity (Wildman–Crippen MR) is 85.9 cm³/mol. The largest absolute Gasteiger partial charge is 0.352 e. The maximum atomic E-state index is 12.0. The smallest absolute Gasteiger partial charge is 0.234 e. The fourth-order valence-corrected chi connectivity index (χ4v) is 3.09. The lowest BCUT2D eigenvalue weighted by molar-refractivity contribution is -0.121. The summed E-state index contributed by atoms with van der Waals surface area (Å²) in [5, 5.41) is 6.66. The maximum Gasteiger partial charge on any atom is 0.234 e. The number of rotatable bonds is 9. The normalized spacial score (nSPS) is 18.5. The van der Waals surface area contributed by atoms with Crippen molar-refractivity contribution in [1.29, 1.82) is 0 Å². The van der Waals surface area contributed by atoms with E-state index in [0.29, 0.717) is 18.6 Å². The topological polar surface area (TPSA) is 41.1 Å². The Morgan fingerprint density at radius 2 is 1.75 bits per heavy atom. The van der Waals surface area contributed by atoms with Crippen molar-refractivity contribution in [1.82, 2.24) is 10.6 Å². The fraction of sp³-hybridized carbons (Fsp3) is 0.941. The maximum absolute atomic E-state index is 12.0. The van der Waals surface area contributed by atoms with Gasteiger partial charge in [-0.2, -0.15) is 0 Å². The Morgan fingerprint density at radius 3 is 2.35 bits per heavy atom. The highest BCUT2D eigenvalue weighted by Gasteiger charge is 2.15. The molecule has 0 aliphatic heterocycles. The summed E-state index contributed by atoms with van der Waals surface area (Å²) in [6.45, 7) is 4.93. The zero-order valence-electron chi connectivity index (χ0n) is 13.5. The fourth-order valence-electron chi connectivity index (χ4n) is 3.09. The molecule has 2 N–H and O–H groups in total. The van der Waals surface area contributed by atoms with Gasteiger partial charge >= 0.3 is 0 Å². The van der Waals surface area contributed by atoms with Gasteiger partial charge in [-0.15, -0.1) is 0 Å². The summed E-state index contributed by atoms with van der Waals surface area (Å²) < 4.78 is 0. The van der Waals surface area contributed by atoms with E-state index in [-0.39, 0.29) is 5.91 Å². The molecule has 1 amide bonds. The van der Waals surface area contributed by atoms with Crippen LogP contribution < -0.4 is 10.6 Å². The Bertz CT molecular complexity index is 247. The Labute approximate surface area is 125 Å². The van der Waals surface area contributed by atoms with Crippen molar-refractivity contribution in [3.8, 4) is 0 Å². The first kappa shape index (κ1) is 17.5. The molecule has 0 aromatic heterocycles. The molecular formula is C17H34N2O. The predicted octanol–water partition coefficient (Wildman–Crippen LogP) is 3.77. The zero-order valence-corrected chi connectivity index (χ0v) is 13.5. The van der Waals surface area contributed by atoms with Crippen LogP contribution in [0.25, 0.3) is 0 Å². The van der Waals surface area contributed by atoms with E-state index in [0.717, 1.165) is 0 Å². The summed E-state index contributed by atoms with van der Waals surface area (Å²) in [5.41, 5.74) is 0. The average molecular weight is 282 g/mol. The van der Waals surface area contributed by atoms with Crippen LogP contribution in [0, 0.1) is 0 Å². The molecule has 0 spiro atoms. The molecule has 118 valence electrons. The van der Waals surface area contributed by atoms with Gasteiger partial charge in [-0.05, 0) is 25.7 Å². The molecule has 0 aromatic rings. The lowest BCUT2D eigenvalue weighted by Gasteiger charge is -2.20. The summed E-state index contributed by atoms with van der Waals surface area (Å²) in [6.07, 6.45) is 13.6. The molecule has 1 unspecified atom stereocenters. The Balaban J connectivity index is 2.21. The second-order valence-corrected chi connectivity index (χ2v) is 6.26. The van der Waals surface area contributed by atoms with Crippen molar-refractivity contribution in [3.05, 3.63) is 0 Å². The highest BCUT2D eigenvalue weighted by molar-refractivity contribution is 5.78. The quantitative estimate of drug-likeness (QED) is 0.632. The number of carbonyl (C=O) groups excluding carboxylic acids is 1. The number of unbranched alkanes of at least 4 members (excludes halogenated alkanes) is 1. The van der Waals surface area contributed by atoms with Crippen molar-refractivity contribution in [2.75, 3.05) is 6.54 Å². The van der Waals surface area contributed by atoms with Crippen LogP contribution >= 0.6 is 0 Å². The van der Waals surface area contributed by atoms with E-state index in [1.165, 1.54) is 70.6 Å². The number of nitrogens with one attached hydrogen (secondary N) is 2. The van der Waals surface area contributed by atoms with E-state index in [9.17, 15) is 4.79 Å². The molecule has 1 fully saturated rings. The first-order valence-electron chi connectivity index (χ1n) is 8.79. The van der Waals surface area contributed by atoms with Crippen LogP contribution in [0.2, 0.25) is 0 Å². The number of hydrogen-bond acceptors (Lipinski definition) is 2. The number of amides is 1. The molecule has 0 aromatic carbocycles. The molecule has 0 heterocycles. The molecule has 1 aliphatic rings. The summed E-state index contributed by atoms with van der Waals surface area (Å²) in [6, 6.07) is 0.937. The summed E-state index contributed by atoms with van der Waals surface area (Å²) in [5.74, 6) is 0.189. The second-order valence-electron chi connectivity index (χ2n) is 6.26. The third-order valence-corrected chi connectivity index (χ3v) is 4.31. The third-order valence-electron chi connectivity index (χ3n) is 4.31. The van der Waals surface area contributed by atoms with E-state index in [2.05, 4.69) is 24.5 Å². The van der Waals surface area contributed by atoms with Gasteiger partial charge in [0.2, 0.25) is 5.91 Å². The summed E-state index contributed by atoms with van der Waals surface area (Å²) in [4.78, 5) is 12.0. The first-order valence-corrected chi connectivity index (χ1v) is 8.79. The van der Waals surface area contributed by atoms with Gasteiger partial charge in [-0.3, -0.25) is 4.79 Å². The molecule has 1 saturated carbocycles. The molecule has 3 heteroatoms. The van der Waals surface area contributed by atoms with E-state index in [1.807, 2.05) is 0 Å². The monoisotopic (exact) mass is 282 g/mol. The minimum atomic E-state index is 0.189. The minimum Gasteiger partial charge on any atom is -0.352 e. The number of hydrogen-bond donors (Lipinski definition) is 2. The van der Waals surface area contributed by atoms with Crippen LogP contribution in [-0.2, 0) is 4.79 Å². The van der Waals surface area contributed by atoms with Crippen LogP contribution in [-0.4, -0.2) is 24.5 Å². The molecule has 1 atom stereocenters. The standard InChI is InChI=1S/C17H34N2O/c1-3-5-11-15(10-4-2)18-14-17(20)19-16-12-8-6-7-9-13-16/h15-16,18H,3-14H2,1-2H3,(H,19,20). The van der Waals surface area contributed by atoms with Gasteiger partial charge < -0.3 is 10.6 Å². The SMILES string of the molecule is CCCCC(CCC)NCC(=O)NC1CCCCCC1. The Morgan fingerprint density at radius 1 is 1.05 bits per heavy atom. The molecule has 1 aliphatic carbocycles. The van der Waals surface area contributed by atoms with Crippen molar-refractivity contribution in [2.45, 2.75) is 96.6 Å². The summed E-state index contributed by atoms with van der Waals surface area (Å²) in [7, 11) is 0. The molecule has 1 rings (SSSR count). The van der Waals surface area contributed by atoms with E-state index < -0.39 is 0 Å². The van der Waals surface area contributed by atoms with Crippen molar-refractivity contribution in [2.24, 2.45) is 0 Å². The van der Waals surface area contributed by atoms with Gasteiger partial charge in [0.15, 0.2) is 0 Å². The first-order chi connectivity index (χ1) is 9.76. The van der Waals surface area contributed by atoms with Crippen LogP contribution in [0.1, 0.15) is 84.5 Å². The van der Waals surface area contributed by atoms with Crippen LogP contribution in [0.3, 0.4) is 0 Å². The Kier molecular flexibility index (Phi) is 9.73. The van der Waals surface area contributed by atoms with Crippen molar-refractivity contribution >= 4 is 5.91 Å². The van der Waals surface area contributed by atoms with Gasteiger partial charge in [0, 0.05) is 12.1 Å². The Hall–Kier alpha value is -0.570. The van der Waals surface area contributed by atoms with Crippen molar-refractivity contribution in [3.63, 3.8) is 0 Å². The van der Waals surface area contributed by atoms with Gasteiger partial charge in [-0.1, -0.05) is 58.8 Å². The van der Waals surface area contributed by atoms with E-state index >= 15 is 0 Å². The third kappa shape index (κ3) is 7.88. The van der Waals surface area contributed by atoms with Gasteiger partial charge in [0.05, 0.1) is 6.54 Å². The average Bonchev–Trinajstić information content (AvgIpc) is 2.70. The van der Waals surface area contributed by atoms with Gasteiger partial charge in [0.25, 0.3) is 0 Å². The zero-order chi connectivity index (χ0) is 14.6. The van der Waals surface area contributed by atoms with Crippen LogP contribution in [0.4, 0.5) is 0 Å². The highest BCUT2D eigenvalue weighted by Crippen LogP contribution is 2.17. The lowest BCUT2D eigenvalue weighted by Crippen LogP contribution is -2.43. The molecule has 20 heavy (non-hydrogen) atoms. The second kappa shape index (κ2) is 11.1. The molecular weight excluding hydrogens is 248 g/mol. The van der Waals surface area contributed by atoms with Crippen LogP contribution in [0.5, 0.6) is 0 Å². The van der Waals surface area contributed by atoms with E-state index in [4.69, 9.17) is 0 Å². The van der Waals surface area contributed by atoms with Gasteiger partial charge in [-0.25, -0.2) is 0 Å².